The molecule has 1 unspecified atom stereocenters. The van der Waals surface area contributed by atoms with Crippen molar-refractivity contribution in [1.29, 1.82) is 0 Å². The molecule has 0 spiro atoms. The van der Waals surface area contributed by atoms with Crippen LogP contribution in [0.4, 0.5) is 0 Å². The van der Waals surface area contributed by atoms with Crippen LogP contribution in [0.5, 0.6) is 0 Å². The Morgan fingerprint density at radius 2 is 1.65 bits per heavy atom. The quantitative estimate of drug-likeness (QED) is 0.666. The number of hydrazine groups is 1. The standard InChI is InChI=1S/C16H16Cl2N2/c17-14-6-5-12(9-15(14)18)16(20-19)13-7-10-3-1-2-4-11(10)8-13/h1-6,9,13,16,20H,7-8,19H2. The van der Waals surface area contributed by atoms with E-state index in [-0.39, 0.29) is 6.04 Å². The van der Waals surface area contributed by atoms with Gasteiger partial charge in [0, 0.05) is 6.04 Å². The zero-order valence-electron chi connectivity index (χ0n) is 10.9. The lowest BCUT2D eigenvalue weighted by molar-refractivity contribution is 0.379. The number of rotatable bonds is 3. The Morgan fingerprint density at radius 3 is 2.20 bits per heavy atom. The molecule has 2 nitrogen and oxygen atoms in total. The molecule has 4 heteroatoms. The van der Waals surface area contributed by atoms with Crippen molar-refractivity contribution >= 4 is 23.2 Å². The normalized spacial score (nSPS) is 16.1. The summed E-state index contributed by atoms with van der Waals surface area (Å²) in [6, 6.07) is 14.4. The molecule has 0 aliphatic heterocycles. The molecule has 104 valence electrons. The fraction of sp³-hybridized carbons (Fsp3) is 0.250. The molecular formula is C16H16Cl2N2. The van der Waals surface area contributed by atoms with Gasteiger partial charge in [0.05, 0.1) is 10.0 Å². The highest BCUT2D eigenvalue weighted by atomic mass is 35.5. The first kappa shape index (κ1) is 13.9. The van der Waals surface area contributed by atoms with E-state index >= 15 is 0 Å². The summed E-state index contributed by atoms with van der Waals surface area (Å²) in [5.41, 5.74) is 6.85. The van der Waals surface area contributed by atoms with Gasteiger partial charge in [0.15, 0.2) is 0 Å². The maximum absolute atomic E-state index is 6.11. The third-order valence-electron chi connectivity index (χ3n) is 4.04. The Hall–Kier alpha value is -1.06. The summed E-state index contributed by atoms with van der Waals surface area (Å²) < 4.78 is 0. The lowest BCUT2D eigenvalue weighted by atomic mass is 9.91. The molecule has 0 saturated heterocycles. The van der Waals surface area contributed by atoms with Gasteiger partial charge in [-0.3, -0.25) is 11.3 Å². The van der Waals surface area contributed by atoms with Gasteiger partial charge in [0.1, 0.15) is 0 Å². The Labute approximate surface area is 128 Å². The Morgan fingerprint density at radius 1 is 1.00 bits per heavy atom. The maximum atomic E-state index is 6.11. The molecular weight excluding hydrogens is 291 g/mol. The predicted octanol–water partition coefficient (Wildman–Crippen LogP) is 3.91. The van der Waals surface area contributed by atoms with Crippen molar-refractivity contribution in [3.63, 3.8) is 0 Å². The molecule has 0 bridgehead atoms. The fourth-order valence-electron chi connectivity index (χ4n) is 3.04. The number of fused-ring (bicyclic) bond motifs is 1. The van der Waals surface area contributed by atoms with Crippen LogP contribution in [-0.4, -0.2) is 0 Å². The van der Waals surface area contributed by atoms with Crippen LogP contribution in [0.3, 0.4) is 0 Å². The van der Waals surface area contributed by atoms with Crippen molar-refractivity contribution < 1.29 is 0 Å². The first-order valence-electron chi connectivity index (χ1n) is 6.67. The van der Waals surface area contributed by atoms with E-state index in [4.69, 9.17) is 29.0 Å². The first-order valence-corrected chi connectivity index (χ1v) is 7.42. The monoisotopic (exact) mass is 306 g/mol. The molecule has 2 aromatic carbocycles. The average molecular weight is 307 g/mol. The minimum absolute atomic E-state index is 0.0807. The molecule has 1 aliphatic carbocycles. The van der Waals surface area contributed by atoms with Crippen molar-refractivity contribution in [1.82, 2.24) is 5.43 Å². The highest BCUT2D eigenvalue weighted by Gasteiger charge is 2.29. The van der Waals surface area contributed by atoms with E-state index in [0.717, 1.165) is 18.4 Å². The molecule has 0 saturated carbocycles. The summed E-state index contributed by atoms with van der Waals surface area (Å²) in [5.74, 6) is 6.22. The summed E-state index contributed by atoms with van der Waals surface area (Å²) in [4.78, 5) is 0. The van der Waals surface area contributed by atoms with E-state index in [1.165, 1.54) is 11.1 Å². The topological polar surface area (TPSA) is 38.0 Å². The summed E-state index contributed by atoms with van der Waals surface area (Å²) >= 11 is 12.1. The second-order valence-corrected chi connectivity index (χ2v) is 6.07. The smallest absolute Gasteiger partial charge is 0.0595 e. The van der Waals surface area contributed by atoms with Crippen LogP contribution in [0.25, 0.3) is 0 Å². The molecule has 2 aromatic rings. The zero-order chi connectivity index (χ0) is 14.1. The van der Waals surface area contributed by atoms with Gasteiger partial charge in [-0.15, -0.1) is 0 Å². The SMILES string of the molecule is NNC(c1ccc(Cl)c(Cl)c1)C1Cc2ccccc2C1. The van der Waals surface area contributed by atoms with Crippen molar-refractivity contribution in [2.75, 3.05) is 0 Å². The van der Waals surface area contributed by atoms with Gasteiger partial charge in [-0.1, -0.05) is 53.5 Å². The van der Waals surface area contributed by atoms with Crippen LogP contribution < -0.4 is 11.3 Å². The molecule has 1 aliphatic rings. The second kappa shape index (κ2) is 5.74. The highest BCUT2D eigenvalue weighted by molar-refractivity contribution is 6.42. The van der Waals surface area contributed by atoms with Gasteiger partial charge < -0.3 is 0 Å². The van der Waals surface area contributed by atoms with Gasteiger partial charge in [-0.25, -0.2) is 0 Å². The molecule has 20 heavy (non-hydrogen) atoms. The van der Waals surface area contributed by atoms with Crippen LogP contribution in [0, 0.1) is 5.92 Å². The second-order valence-electron chi connectivity index (χ2n) is 5.25. The Balaban J connectivity index is 1.87. The molecule has 0 amide bonds. The summed E-state index contributed by atoms with van der Waals surface area (Å²) in [5, 5.41) is 1.14. The third kappa shape index (κ3) is 2.57. The lowest BCUT2D eigenvalue weighted by Crippen LogP contribution is -2.34. The Kier molecular flexibility index (Phi) is 3.99. The molecule has 0 fully saturated rings. The van der Waals surface area contributed by atoms with Crippen molar-refractivity contribution in [2.45, 2.75) is 18.9 Å². The van der Waals surface area contributed by atoms with Gasteiger partial charge in [0.2, 0.25) is 0 Å². The minimum Gasteiger partial charge on any atom is -0.271 e. The van der Waals surface area contributed by atoms with E-state index in [2.05, 4.69) is 29.7 Å². The molecule has 3 N–H and O–H groups in total. The zero-order valence-corrected chi connectivity index (χ0v) is 12.5. The van der Waals surface area contributed by atoms with Crippen LogP contribution >= 0.6 is 23.2 Å². The molecule has 1 atom stereocenters. The van der Waals surface area contributed by atoms with Gasteiger partial charge in [-0.05, 0) is 47.6 Å². The maximum Gasteiger partial charge on any atom is 0.0595 e. The third-order valence-corrected chi connectivity index (χ3v) is 4.78. The number of hydrogen-bond acceptors (Lipinski definition) is 2. The van der Waals surface area contributed by atoms with Gasteiger partial charge in [-0.2, -0.15) is 0 Å². The molecule has 0 heterocycles. The highest BCUT2D eigenvalue weighted by Crippen LogP contribution is 2.36. The van der Waals surface area contributed by atoms with Gasteiger partial charge >= 0.3 is 0 Å². The number of nitrogens with two attached hydrogens (primary N) is 1. The van der Waals surface area contributed by atoms with Gasteiger partial charge in [0.25, 0.3) is 0 Å². The van der Waals surface area contributed by atoms with Crippen molar-refractivity contribution in [3.8, 4) is 0 Å². The average Bonchev–Trinajstić information content (AvgIpc) is 2.87. The van der Waals surface area contributed by atoms with E-state index in [9.17, 15) is 0 Å². The predicted molar refractivity (Wildman–Crippen MR) is 83.9 cm³/mol. The van der Waals surface area contributed by atoms with Crippen LogP contribution in [-0.2, 0) is 12.8 Å². The summed E-state index contributed by atoms with van der Waals surface area (Å²) in [6.45, 7) is 0. The van der Waals surface area contributed by atoms with E-state index in [1.54, 1.807) is 0 Å². The van der Waals surface area contributed by atoms with Crippen molar-refractivity contribution in [2.24, 2.45) is 11.8 Å². The number of nitrogens with one attached hydrogen (secondary N) is 1. The minimum atomic E-state index is 0.0807. The number of halogens is 2. The molecule has 0 aromatic heterocycles. The van der Waals surface area contributed by atoms with Crippen LogP contribution in [0.2, 0.25) is 10.0 Å². The number of hydrogen-bond donors (Lipinski definition) is 2. The van der Waals surface area contributed by atoms with E-state index in [0.29, 0.717) is 16.0 Å². The van der Waals surface area contributed by atoms with Crippen LogP contribution in [0.1, 0.15) is 22.7 Å². The summed E-state index contributed by atoms with van der Waals surface area (Å²) in [7, 11) is 0. The molecule has 0 radical (unpaired) electrons. The van der Waals surface area contributed by atoms with Crippen LogP contribution in [0.15, 0.2) is 42.5 Å². The summed E-state index contributed by atoms with van der Waals surface area (Å²) in [6.07, 6.45) is 2.07. The largest absolute Gasteiger partial charge is 0.271 e. The first-order chi connectivity index (χ1) is 9.69. The van der Waals surface area contributed by atoms with E-state index in [1.807, 2.05) is 18.2 Å². The lowest BCUT2D eigenvalue weighted by Gasteiger charge is -2.23. The molecule has 3 rings (SSSR count). The Bertz CT molecular complexity index is 603. The fourth-order valence-corrected chi connectivity index (χ4v) is 3.35. The van der Waals surface area contributed by atoms with E-state index < -0.39 is 0 Å². The van der Waals surface area contributed by atoms with Crippen molar-refractivity contribution in [3.05, 3.63) is 69.2 Å². The number of benzene rings is 2.